The molecule has 3 unspecified atom stereocenters. The van der Waals surface area contributed by atoms with Gasteiger partial charge in [-0.15, -0.1) is 0 Å². The lowest BCUT2D eigenvalue weighted by Crippen LogP contribution is -2.37. The van der Waals surface area contributed by atoms with Gasteiger partial charge in [0.15, 0.2) is 0 Å². The third-order valence-electron chi connectivity index (χ3n) is 3.10. The Hall–Kier alpha value is -1.27. The molecule has 0 aliphatic rings. The minimum atomic E-state index is -0.882. The molecule has 6 heteroatoms. The van der Waals surface area contributed by atoms with Crippen LogP contribution in [-0.2, 0) is 15.6 Å². The zero-order valence-electron chi connectivity index (χ0n) is 11.7. The van der Waals surface area contributed by atoms with Gasteiger partial charge in [0, 0.05) is 28.9 Å². The summed E-state index contributed by atoms with van der Waals surface area (Å²) >= 11 is 4.99. The van der Waals surface area contributed by atoms with Crippen LogP contribution in [-0.4, -0.2) is 33.2 Å². The van der Waals surface area contributed by atoms with Gasteiger partial charge in [0.25, 0.3) is 0 Å². The van der Waals surface area contributed by atoms with E-state index in [1.54, 1.807) is 6.26 Å². The molecule has 1 rings (SSSR count). The Labute approximate surface area is 127 Å². The molecule has 0 saturated carbocycles. The molecular weight excluding hydrogens is 292 g/mol. The molecule has 1 amide bonds. The van der Waals surface area contributed by atoms with Gasteiger partial charge in [-0.1, -0.05) is 49.5 Å². The zero-order chi connectivity index (χ0) is 15.1. The number of nitrogens with one attached hydrogen (secondary N) is 1. The van der Waals surface area contributed by atoms with Crippen molar-refractivity contribution in [2.24, 2.45) is 5.73 Å². The Morgan fingerprint density at radius 1 is 1.40 bits per heavy atom. The number of hydrogen-bond donors (Lipinski definition) is 2. The van der Waals surface area contributed by atoms with Crippen LogP contribution in [0.1, 0.15) is 24.8 Å². The molecule has 0 aromatic heterocycles. The highest BCUT2D eigenvalue weighted by atomic mass is 32.2. The van der Waals surface area contributed by atoms with Gasteiger partial charge in [0.2, 0.25) is 5.91 Å². The highest BCUT2D eigenvalue weighted by Gasteiger charge is 2.23. The number of amides is 1. The molecule has 0 fully saturated rings. The molecule has 3 N–H and O–H groups in total. The first kappa shape index (κ1) is 16.8. The normalized spacial score (nSPS) is 15.1. The standard InChI is InChI=1S/C14H20N2O2S2/c1-10(20(2)18)8-9-16-14(17)12(13(15)19)11-6-4-3-5-7-11/h3-7,10,12H,8-9H2,1-2H3,(H2,15,19)(H,16,17). The molecule has 0 aliphatic heterocycles. The fourth-order valence-corrected chi connectivity index (χ4v) is 2.45. The van der Waals surface area contributed by atoms with Crippen LogP contribution in [0.15, 0.2) is 30.3 Å². The molecule has 0 bridgehead atoms. The predicted octanol–water partition coefficient (Wildman–Crippen LogP) is 1.33. The number of carbonyl (C=O) groups excluding carboxylic acids is 1. The highest BCUT2D eigenvalue weighted by Crippen LogP contribution is 2.16. The highest BCUT2D eigenvalue weighted by molar-refractivity contribution is 7.84. The fraction of sp³-hybridized carbons (Fsp3) is 0.429. The fourth-order valence-electron chi connectivity index (χ4n) is 1.76. The van der Waals surface area contributed by atoms with Gasteiger partial charge >= 0.3 is 0 Å². The second kappa shape index (κ2) is 8.11. The third kappa shape index (κ3) is 5.02. The third-order valence-corrected chi connectivity index (χ3v) is 4.70. The van der Waals surface area contributed by atoms with E-state index in [9.17, 15) is 9.00 Å². The van der Waals surface area contributed by atoms with Gasteiger partial charge in [-0.05, 0) is 12.0 Å². The molecule has 1 aromatic rings. The largest absolute Gasteiger partial charge is 0.392 e. The molecule has 1 aromatic carbocycles. The number of carbonyl (C=O) groups is 1. The van der Waals surface area contributed by atoms with Crippen molar-refractivity contribution in [2.75, 3.05) is 12.8 Å². The second-order valence-corrected chi connectivity index (χ2v) is 6.91. The van der Waals surface area contributed by atoms with E-state index >= 15 is 0 Å². The van der Waals surface area contributed by atoms with Crippen molar-refractivity contribution in [1.29, 1.82) is 0 Å². The minimum Gasteiger partial charge on any atom is -0.392 e. The summed E-state index contributed by atoms with van der Waals surface area (Å²) in [5.41, 5.74) is 6.45. The molecule has 0 saturated heterocycles. The number of hydrogen-bond acceptors (Lipinski definition) is 3. The van der Waals surface area contributed by atoms with Crippen molar-refractivity contribution in [3.8, 4) is 0 Å². The van der Waals surface area contributed by atoms with Gasteiger partial charge in [-0.2, -0.15) is 0 Å². The van der Waals surface area contributed by atoms with Crippen molar-refractivity contribution in [2.45, 2.75) is 24.5 Å². The van der Waals surface area contributed by atoms with Crippen LogP contribution in [0.3, 0.4) is 0 Å². The van der Waals surface area contributed by atoms with Crippen LogP contribution < -0.4 is 11.1 Å². The van der Waals surface area contributed by atoms with Crippen LogP contribution >= 0.6 is 12.2 Å². The van der Waals surface area contributed by atoms with E-state index < -0.39 is 16.7 Å². The Morgan fingerprint density at radius 2 is 2.00 bits per heavy atom. The topological polar surface area (TPSA) is 72.2 Å². The van der Waals surface area contributed by atoms with Crippen LogP contribution in [0.5, 0.6) is 0 Å². The first-order valence-electron chi connectivity index (χ1n) is 6.37. The Morgan fingerprint density at radius 3 is 2.50 bits per heavy atom. The van der Waals surface area contributed by atoms with Crippen LogP contribution in [0.25, 0.3) is 0 Å². The van der Waals surface area contributed by atoms with Gasteiger partial charge < -0.3 is 11.1 Å². The molecular formula is C14H20N2O2S2. The quantitative estimate of drug-likeness (QED) is 0.745. The van der Waals surface area contributed by atoms with Crippen molar-refractivity contribution in [1.82, 2.24) is 5.32 Å². The summed E-state index contributed by atoms with van der Waals surface area (Å²) in [4.78, 5) is 12.3. The molecule has 0 aliphatic carbocycles. The molecule has 3 atom stereocenters. The average Bonchev–Trinajstić information content (AvgIpc) is 2.39. The number of benzene rings is 1. The van der Waals surface area contributed by atoms with Crippen LogP contribution in [0.2, 0.25) is 0 Å². The van der Waals surface area contributed by atoms with Crippen molar-refractivity contribution in [3.05, 3.63) is 35.9 Å². The molecule has 0 spiro atoms. The van der Waals surface area contributed by atoms with E-state index in [4.69, 9.17) is 18.0 Å². The summed E-state index contributed by atoms with van der Waals surface area (Å²) in [5, 5.41) is 2.86. The summed E-state index contributed by atoms with van der Waals surface area (Å²) < 4.78 is 11.2. The Balaban J connectivity index is 2.63. The first-order chi connectivity index (χ1) is 9.43. The summed E-state index contributed by atoms with van der Waals surface area (Å²) in [6.45, 7) is 2.36. The predicted molar refractivity (Wildman–Crippen MR) is 87.1 cm³/mol. The number of nitrogens with two attached hydrogens (primary N) is 1. The minimum absolute atomic E-state index is 0.0512. The summed E-state index contributed by atoms with van der Waals surface area (Å²) in [6, 6.07) is 9.21. The Bertz CT molecular complexity index is 491. The van der Waals surface area contributed by atoms with Gasteiger partial charge in [0.05, 0.1) is 4.99 Å². The number of rotatable bonds is 7. The monoisotopic (exact) mass is 312 g/mol. The lowest BCUT2D eigenvalue weighted by Gasteiger charge is -2.16. The second-order valence-electron chi connectivity index (χ2n) is 4.63. The maximum atomic E-state index is 12.2. The van der Waals surface area contributed by atoms with Crippen LogP contribution in [0.4, 0.5) is 0 Å². The van der Waals surface area contributed by atoms with Gasteiger partial charge in [0.1, 0.15) is 5.92 Å². The molecule has 4 nitrogen and oxygen atoms in total. The van der Waals surface area contributed by atoms with Gasteiger partial charge in [-0.25, -0.2) is 0 Å². The van der Waals surface area contributed by atoms with Gasteiger partial charge in [-0.3, -0.25) is 9.00 Å². The maximum absolute atomic E-state index is 12.2. The van der Waals surface area contributed by atoms with Crippen molar-refractivity contribution in [3.63, 3.8) is 0 Å². The van der Waals surface area contributed by atoms with E-state index in [1.807, 2.05) is 37.3 Å². The first-order valence-corrected chi connectivity index (χ1v) is 8.40. The number of thiocarbonyl (C=S) groups is 1. The van der Waals surface area contributed by atoms with E-state index in [0.717, 1.165) is 5.56 Å². The molecule has 20 heavy (non-hydrogen) atoms. The van der Waals surface area contributed by atoms with Crippen molar-refractivity contribution >= 4 is 33.9 Å². The van der Waals surface area contributed by atoms with E-state index in [0.29, 0.717) is 13.0 Å². The molecule has 0 radical (unpaired) electrons. The summed E-state index contributed by atoms with van der Waals surface area (Å²) in [5.74, 6) is -0.827. The maximum Gasteiger partial charge on any atom is 0.234 e. The summed E-state index contributed by atoms with van der Waals surface area (Å²) in [7, 11) is -0.882. The zero-order valence-corrected chi connectivity index (χ0v) is 13.3. The molecule has 110 valence electrons. The van der Waals surface area contributed by atoms with E-state index in [2.05, 4.69) is 5.32 Å². The SMILES string of the molecule is CC(CCNC(=O)C(C(N)=S)c1ccccc1)S(C)=O. The van der Waals surface area contributed by atoms with E-state index in [1.165, 1.54) is 0 Å². The van der Waals surface area contributed by atoms with Crippen LogP contribution in [0, 0.1) is 0 Å². The lowest BCUT2D eigenvalue weighted by atomic mass is 9.98. The molecule has 0 heterocycles. The summed E-state index contributed by atoms with van der Waals surface area (Å²) in [6.07, 6.45) is 2.32. The average molecular weight is 312 g/mol. The lowest BCUT2D eigenvalue weighted by molar-refractivity contribution is -0.121. The smallest absolute Gasteiger partial charge is 0.234 e. The van der Waals surface area contributed by atoms with Crippen molar-refractivity contribution < 1.29 is 9.00 Å². The Kier molecular flexibility index (Phi) is 6.81. The van der Waals surface area contributed by atoms with E-state index in [-0.39, 0.29) is 16.1 Å².